The van der Waals surface area contributed by atoms with Gasteiger partial charge in [0.15, 0.2) is 5.78 Å². The summed E-state index contributed by atoms with van der Waals surface area (Å²) in [7, 11) is 0. The van der Waals surface area contributed by atoms with E-state index in [0.717, 1.165) is 12.1 Å². The fourth-order valence-electron chi connectivity index (χ4n) is 1.55. The molecule has 1 amide bonds. The molecule has 2 aliphatic rings. The first-order valence-corrected chi connectivity index (χ1v) is 3.96. The van der Waals surface area contributed by atoms with Crippen LogP contribution in [0, 0.1) is 5.92 Å². The summed E-state index contributed by atoms with van der Waals surface area (Å²) >= 11 is 0. The molecule has 1 N–H and O–H groups in total. The lowest BCUT2D eigenvalue weighted by Gasteiger charge is -2.25. The molecule has 1 heterocycles. The molecular weight excluding hydrogens is 154 g/mol. The van der Waals surface area contributed by atoms with Crippen molar-refractivity contribution in [1.29, 1.82) is 0 Å². The zero-order valence-corrected chi connectivity index (χ0v) is 6.54. The number of carbonyl (C=O) groups excluding carboxylic acids is 2. The Bertz CT molecular complexity index is 302. The Balaban J connectivity index is 2.30. The van der Waals surface area contributed by atoms with Crippen molar-refractivity contribution in [3.05, 3.63) is 23.9 Å². The van der Waals surface area contributed by atoms with Crippen molar-refractivity contribution >= 4 is 11.7 Å². The van der Waals surface area contributed by atoms with Crippen molar-refractivity contribution in [2.45, 2.75) is 12.8 Å². The van der Waals surface area contributed by atoms with Crippen molar-refractivity contribution in [3.63, 3.8) is 0 Å². The van der Waals surface area contributed by atoms with E-state index in [1.54, 1.807) is 6.08 Å². The van der Waals surface area contributed by atoms with Gasteiger partial charge in [0.25, 0.3) is 0 Å². The molecule has 12 heavy (non-hydrogen) atoms. The number of fused-ring (bicyclic) bond motifs is 1. The van der Waals surface area contributed by atoms with Gasteiger partial charge in [0.05, 0.1) is 12.3 Å². The molecule has 1 aliphatic carbocycles. The van der Waals surface area contributed by atoms with Crippen LogP contribution in [0.2, 0.25) is 0 Å². The number of hydrogen-bond donors (Lipinski definition) is 1. The van der Waals surface area contributed by atoms with Crippen LogP contribution in [-0.2, 0) is 9.59 Å². The summed E-state index contributed by atoms with van der Waals surface area (Å²) in [6, 6.07) is 0. The predicted octanol–water partition coefficient (Wildman–Crippen LogP) is 0.535. The predicted molar refractivity (Wildman–Crippen MR) is 43.1 cm³/mol. The number of ketones is 1. The van der Waals surface area contributed by atoms with Gasteiger partial charge in [0, 0.05) is 5.70 Å². The standard InChI is InChI=1S/C9H9NO2/c11-8-5-9(12)10-7-4-2-1-3-6(7)8/h1-2,4,6H,3,5H2,(H,10,12). The van der Waals surface area contributed by atoms with Crippen LogP contribution in [0.25, 0.3) is 0 Å². The van der Waals surface area contributed by atoms with Gasteiger partial charge < -0.3 is 5.32 Å². The van der Waals surface area contributed by atoms with E-state index in [1.165, 1.54) is 0 Å². The Hall–Kier alpha value is -1.38. The maximum Gasteiger partial charge on any atom is 0.231 e. The molecule has 3 nitrogen and oxygen atoms in total. The Morgan fingerprint density at radius 2 is 2.25 bits per heavy atom. The Morgan fingerprint density at radius 3 is 3.08 bits per heavy atom. The molecule has 1 atom stereocenters. The second-order valence-corrected chi connectivity index (χ2v) is 3.03. The van der Waals surface area contributed by atoms with Gasteiger partial charge in [-0.1, -0.05) is 12.2 Å². The molecular formula is C9H9NO2. The lowest BCUT2D eigenvalue weighted by Crippen LogP contribution is -2.39. The first-order chi connectivity index (χ1) is 5.77. The molecule has 0 aromatic heterocycles. The fourth-order valence-corrected chi connectivity index (χ4v) is 1.55. The van der Waals surface area contributed by atoms with Crippen molar-refractivity contribution in [2.24, 2.45) is 5.92 Å². The maximum absolute atomic E-state index is 11.3. The molecule has 0 bridgehead atoms. The van der Waals surface area contributed by atoms with E-state index in [2.05, 4.69) is 5.32 Å². The summed E-state index contributed by atoms with van der Waals surface area (Å²) in [4.78, 5) is 22.2. The molecule has 0 radical (unpaired) electrons. The van der Waals surface area contributed by atoms with Crippen LogP contribution in [0.4, 0.5) is 0 Å². The van der Waals surface area contributed by atoms with Crippen LogP contribution >= 0.6 is 0 Å². The SMILES string of the molecule is O=C1CC(=O)C2CC=CC=C2N1. The highest BCUT2D eigenvalue weighted by atomic mass is 16.2. The summed E-state index contributed by atoms with van der Waals surface area (Å²) in [6.45, 7) is 0. The monoisotopic (exact) mass is 163 g/mol. The minimum Gasteiger partial charge on any atom is -0.329 e. The molecule has 1 aliphatic heterocycles. The number of nitrogens with one attached hydrogen (secondary N) is 1. The molecule has 62 valence electrons. The van der Waals surface area contributed by atoms with E-state index in [9.17, 15) is 9.59 Å². The molecule has 3 heteroatoms. The average Bonchev–Trinajstić information content (AvgIpc) is 2.04. The summed E-state index contributed by atoms with van der Waals surface area (Å²) in [5, 5.41) is 2.70. The zero-order valence-electron chi connectivity index (χ0n) is 6.54. The molecule has 0 spiro atoms. The van der Waals surface area contributed by atoms with Gasteiger partial charge in [-0.05, 0) is 12.5 Å². The van der Waals surface area contributed by atoms with Crippen molar-refractivity contribution < 1.29 is 9.59 Å². The Morgan fingerprint density at radius 1 is 1.42 bits per heavy atom. The molecule has 1 unspecified atom stereocenters. The molecule has 1 fully saturated rings. The lowest BCUT2D eigenvalue weighted by molar-refractivity contribution is -0.131. The Labute approximate surface area is 70.1 Å². The summed E-state index contributed by atoms with van der Waals surface area (Å²) in [5.74, 6) is -0.236. The van der Waals surface area contributed by atoms with Crippen LogP contribution in [0.15, 0.2) is 23.9 Å². The molecule has 0 aromatic rings. The van der Waals surface area contributed by atoms with E-state index < -0.39 is 0 Å². The van der Waals surface area contributed by atoms with Crippen molar-refractivity contribution in [3.8, 4) is 0 Å². The summed E-state index contributed by atoms with van der Waals surface area (Å²) < 4.78 is 0. The van der Waals surface area contributed by atoms with Crippen LogP contribution < -0.4 is 5.32 Å². The van der Waals surface area contributed by atoms with E-state index in [-0.39, 0.29) is 24.0 Å². The highest BCUT2D eigenvalue weighted by Gasteiger charge is 2.30. The quantitative estimate of drug-likeness (QED) is 0.529. The van der Waals surface area contributed by atoms with Crippen LogP contribution in [-0.4, -0.2) is 11.7 Å². The van der Waals surface area contributed by atoms with Gasteiger partial charge >= 0.3 is 0 Å². The lowest BCUT2D eigenvalue weighted by atomic mass is 9.88. The number of amides is 1. The highest BCUT2D eigenvalue weighted by molar-refractivity contribution is 6.04. The third-order valence-corrected chi connectivity index (χ3v) is 2.17. The zero-order chi connectivity index (χ0) is 8.55. The number of hydrogen-bond acceptors (Lipinski definition) is 2. The van der Waals surface area contributed by atoms with Crippen LogP contribution in [0.1, 0.15) is 12.8 Å². The van der Waals surface area contributed by atoms with Crippen molar-refractivity contribution in [2.75, 3.05) is 0 Å². The van der Waals surface area contributed by atoms with Gasteiger partial charge in [0.2, 0.25) is 5.91 Å². The normalized spacial score (nSPS) is 27.7. The topological polar surface area (TPSA) is 46.2 Å². The first kappa shape index (κ1) is 7.28. The maximum atomic E-state index is 11.3. The average molecular weight is 163 g/mol. The van der Waals surface area contributed by atoms with E-state index in [1.807, 2.05) is 12.2 Å². The molecule has 0 aromatic carbocycles. The fraction of sp³-hybridized carbons (Fsp3) is 0.333. The van der Waals surface area contributed by atoms with Crippen LogP contribution in [0.3, 0.4) is 0 Å². The molecule has 2 rings (SSSR count). The number of piperidine rings is 1. The van der Waals surface area contributed by atoms with E-state index in [4.69, 9.17) is 0 Å². The van der Waals surface area contributed by atoms with Crippen LogP contribution in [0.5, 0.6) is 0 Å². The summed E-state index contributed by atoms with van der Waals surface area (Å²) in [5.41, 5.74) is 0.763. The van der Waals surface area contributed by atoms with Gasteiger partial charge in [-0.2, -0.15) is 0 Å². The first-order valence-electron chi connectivity index (χ1n) is 3.96. The minimum absolute atomic E-state index is 0.0364. The third kappa shape index (κ3) is 1.07. The summed E-state index contributed by atoms with van der Waals surface area (Å²) in [6.07, 6.45) is 6.37. The minimum atomic E-state index is -0.183. The number of carbonyl (C=O) groups is 2. The van der Waals surface area contributed by atoms with Gasteiger partial charge in [-0.15, -0.1) is 0 Å². The van der Waals surface area contributed by atoms with Gasteiger partial charge in [-0.25, -0.2) is 0 Å². The Kier molecular flexibility index (Phi) is 1.57. The second kappa shape index (κ2) is 2.59. The number of allylic oxidation sites excluding steroid dienone is 4. The molecule has 0 saturated carbocycles. The largest absolute Gasteiger partial charge is 0.329 e. The number of Topliss-reactive ketones (excluding diaryl/α,β-unsaturated/α-hetero) is 1. The highest BCUT2D eigenvalue weighted by Crippen LogP contribution is 2.23. The van der Waals surface area contributed by atoms with E-state index in [0.29, 0.717) is 0 Å². The molecule has 1 saturated heterocycles. The van der Waals surface area contributed by atoms with Gasteiger partial charge in [0.1, 0.15) is 0 Å². The second-order valence-electron chi connectivity index (χ2n) is 3.03. The smallest absolute Gasteiger partial charge is 0.231 e. The van der Waals surface area contributed by atoms with E-state index >= 15 is 0 Å². The van der Waals surface area contributed by atoms with Gasteiger partial charge in [-0.3, -0.25) is 9.59 Å². The van der Waals surface area contributed by atoms with Crippen molar-refractivity contribution in [1.82, 2.24) is 5.32 Å². The third-order valence-electron chi connectivity index (χ3n) is 2.17. The number of rotatable bonds is 0.